The quantitative estimate of drug-likeness (QED) is 0.721. The third-order valence-corrected chi connectivity index (χ3v) is 4.07. The maximum atomic E-state index is 12.7. The van der Waals surface area contributed by atoms with E-state index in [0.29, 0.717) is 6.54 Å². The van der Waals surface area contributed by atoms with Crippen LogP contribution in [-0.4, -0.2) is 17.4 Å². The fraction of sp³-hybridized carbons (Fsp3) is 0.350. The van der Waals surface area contributed by atoms with Crippen LogP contribution >= 0.6 is 0 Å². The highest BCUT2D eigenvalue weighted by atomic mass is 16.2. The number of hydrogen-bond acceptors (Lipinski definition) is 1. The Morgan fingerprint density at radius 3 is 2.55 bits per heavy atom. The molecule has 1 amide bonds. The molecule has 2 heteroatoms. The van der Waals surface area contributed by atoms with Crippen molar-refractivity contribution in [3.05, 3.63) is 65.4 Å². The summed E-state index contributed by atoms with van der Waals surface area (Å²) in [5, 5.41) is 0. The predicted octanol–water partition coefficient (Wildman–Crippen LogP) is 4.91. The third kappa shape index (κ3) is 2.78. The summed E-state index contributed by atoms with van der Waals surface area (Å²) in [5.41, 5.74) is 4.50. The minimum Gasteiger partial charge on any atom is -0.312 e. The Morgan fingerprint density at radius 2 is 1.82 bits per heavy atom. The zero-order valence-corrected chi connectivity index (χ0v) is 14.0. The molecular formula is C20H25NO. The first kappa shape index (κ1) is 16.3. The molecular weight excluding hydrogens is 270 g/mol. The fourth-order valence-electron chi connectivity index (χ4n) is 3.01. The van der Waals surface area contributed by atoms with Gasteiger partial charge in [-0.1, -0.05) is 56.3 Å². The van der Waals surface area contributed by atoms with Gasteiger partial charge < -0.3 is 4.90 Å². The average Bonchev–Trinajstić information content (AvgIpc) is 2.85. The van der Waals surface area contributed by atoms with Gasteiger partial charge in [0, 0.05) is 12.1 Å². The van der Waals surface area contributed by atoms with E-state index in [1.54, 1.807) is 0 Å². The van der Waals surface area contributed by atoms with E-state index in [-0.39, 0.29) is 11.8 Å². The Hall–Kier alpha value is -2.09. The van der Waals surface area contributed by atoms with Crippen molar-refractivity contribution in [2.24, 2.45) is 0 Å². The number of likely N-dealkylation sites (N-methyl/N-ethyl adjacent to an activating group) is 1. The van der Waals surface area contributed by atoms with Gasteiger partial charge in [-0.3, -0.25) is 4.79 Å². The van der Waals surface area contributed by atoms with Crippen molar-refractivity contribution in [1.29, 1.82) is 0 Å². The highest BCUT2D eigenvalue weighted by molar-refractivity contribution is 5.94. The Balaban J connectivity index is 0.000000847. The molecule has 2 nitrogen and oxygen atoms in total. The van der Waals surface area contributed by atoms with E-state index in [1.165, 1.54) is 5.56 Å². The van der Waals surface area contributed by atoms with Crippen LogP contribution in [0.3, 0.4) is 0 Å². The molecule has 2 aliphatic rings. The molecule has 0 saturated carbocycles. The van der Waals surface area contributed by atoms with E-state index in [1.807, 2.05) is 44.7 Å². The third-order valence-electron chi connectivity index (χ3n) is 4.07. The summed E-state index contributed by atoms with van der Waals surface area (Å²) in [5.74, 6) is 0.0878. The lowest BCUT2D eigenvalue weighted by Crippen LogP contribution is -2.32. The summed E-state index contributed by atoms with van der Waals surface area (Å²) in [4.78, 5) is 14.6. The van der Waals surface area contributed by atoms with Crippen LogP contribution in [0.15, 0.2) is 54.3 Å². The van der Waals surface area contributed by atoms with Gasteiger partial charge in [-0.05, 0) is 37.5 Å². The lowest BCUT2D eigenvalue weighted by Gasteiger charge is -2.23. The number of nitrogens with zero attached hydrogens (tertiary/aromatic N) is 1. The molecule has 0 radical (unpaired) electrons. The zero-order valence-electron chi connectivity index (χ0n) is 14.0. The molecule has 22 heavy (non-hydrogen) atoms. The van der Waals surface area contributed by atoms with E-state index in [0.717, 1.165) is 23.3 Å². The number of carbonyl (C=O) groups is 1. The number of carbonyl (C=O) groups excluding carboxylic acids is 1. The van der Waals surface area contributed by atoms with Crippen molar-refractivity contribution in [1.82, 2.24) is 4.90 Å². The van der Waals surface area contributed by atoms with Gasteiger partial charge in [0.05, 0.1) is 11.6 Å². The standard InChI is InChI=1S/C18H19NO.C2H6/c1-3-19-17-12-6-4-5-11-16(17)15-10-8-7-9-14(15)13(2)18(19)20;1-2/h5-13H,3-4H2,1-2H3;1-2H3. The van der Waals surface area contributed by atoms with Gasteiger partial charge in [-0.25, -0.2) is 0 Å². The van der Waals surface area contributed by atoms with Crippen LogP contribution < -0.4 is 0 Å². The number of allylic oxidation sites excluding steroid dienone is 5. The van der Waals surface area contributed by atoms with Crippen LogP contribution in [0.5, 0.6) is 0 Å². The Labute approximate surface area is 133 Å². The molecule has 1 heterocycles. The summed E-state index contributed by atoms with van der Waals surface area (Å²) in [6, 6.07) is 8.26. The van der Waals surface area contributed by atoms with E-state index < -0.39 is 0 Å². The smallest absolute Gasteiger partial charge is 0.234 e. The Bertz CT molecular complexity index is 637. The van der Waals surface area contributed by atoms with Crippen LogP contribution in [0, 0.1) is 0 Å². The molecule has 1 atom stereocenters. The normalized spacial score (nSPS) is 19.7. The minimum absolute atomic E-state index is 0.0973. The van der Waals surface area contributed by atoms with Crippen LogP contribution in [0.4, 0.5) is 0 Å². The molecule has 0 bridgehead atoms. The van der Waals surface area contributed by atoms with Gasteiger partial charge in [0.15, 0.2) is 0 Å². The number of amides is 1. The van der Waals surface area contributed by atoms with Gasteiger partial charge in [0.2, 0.25) is 5.91 Å². The number of hydrogen-bond donors (Lipinski definition) is 0. The Kier molecular flexibility index (Phi) is 5.37. The lowest BCUT2D eigenvalue weighted by atomic mass is 9.92. The topological polar surface area (TPSA) is 20.3 Å². The van der Waals surface area contributed by atoms with Crippen molar-refractivity contribution >= 4 is 11.5 Å². The average molecular weight is 295 g/mol. The molecule has 1 aromatic carbocycles. The highest BCUT2D eigenvalue weighted by Crippen LogP contribution is 2.36. The lowest BCUT2D eigenvalue weighted by molar-refractivity contribution is -0.130. The Morgan fingerprint density at radius 1 is 1.14 bits per heavy atom. The molecule has 3 rings (SSSR count). The molecule has 0 spiro atoms. The minimum atomic E-state index is -0.0973. The first-order valence-electron chi connectivity index (χ1n) is 8.22. The largest absolute Gasteiger partial charge is 0.312 e. The van der Waals surface area contributed by atoms with Gasteiger partial charge in [-0.15, -0.1) is 0 Å². The molecule has 0 aromatic heterocycles. The van der Waals surface area contributed by atoms with Crippen molar-refractivity contribution in [2.45, 2.75) is 40.0 Å². The van der Waals surface area contributed by atoms with Gasteiger partial charge in [0.25, 0.3) is 0 Å². The fourth-order valence-corrected chi connectivity index (χ4v) is 3.01. The molecule has 0 saturated heterocycles. The van der Waals surface area contributed by atoms with E-state index in [2.05, 4.69) is 36.4 Å². The van der Waals surface area contributed by atoms with Gasteiger partial charge in [0.1, 0.15) is 0 Å². The summed E-state index contributed by atoms with van der Waals surface area (Å²) >= 11 is 0. The molecule has 1 unspecified atom stereocenters. The second kappa shape index (κ2) is 7.26. The van der Waals surface area contributed by atoms with Crippen LogP contribution in [0.25, 0.3) is 5.57 Å². The molecule has 0 N–H and O–H groups in total. The summed E-state index contributed by atoms with van der Waals surface area (Å²) in [6.07, 6.45) is 9.43. The van der Waals surface area contributed by atoms with Crippen LogP contribution in [-0.2, 0) is 4.79 Å². The van der Waals surface area contributed by atoms with Gasteiger partial charge in [-0.2, -0.15) is 0 Å². The van der Waals surface area contributed by atoms with Crippen LogP contribution in [0.2, 0.25) is 0 Å². The van der Waals surface area contributed by atoms with Crippen molar-refractivity contribution in [3.63, 3.8) is 0 Å². The monoisotopic (exact) mass is 295 g/mol. The second-order valence-corrected chi connectivity index (χ2v) is 5.23. The van der Waals surface area contributed by atoms with Crippen molar-refractivity contribution in [2.75, 3.05) is 6.54 Å². The zero-order chi connectivity index (χ0) is 16.1. The summed E-state index contributed by atoms with van der Waals surface area (Å²) in [6.45, 7) is 8.74. The molecule has 1 aliphatic heterocycles. The van der Waals surface area contributed by atoms with Crippen LogP contribution in [0.1, 0.15) is 51.2 Å². The molecule has 1 aromatic rings. The first-order valence-corrected chi connectivity index (χ1v) is 8.22. The predicted molar refractivity (Wildman–Crippen MR) is 93.4 cm³/mol. The van der Waals surface area contributed by atoms with E-state index in [4.69, 9.17) is 0 Å². The van der Waals surface area contributed by atoms with Crippen molar-refractivity contribution in [3.8, 4) is 0 Å². The number of rotatable bonds is 1. The molecule has 0 fully saturated rings. The maximum absolute atomic E-state index is 12.7. The van der Waals surface area contributed by atoms with Gasteiger partial charge >= 0.3 is 0 Å². The first-order chi connectivity index (χ1) is 10.7. The summed E-state index contributed by atoms with van der Waals surface area (Å²) in [7, 11) is 0. The molecule has 1 aliphatic carbocycles. The SMILES string of the molecule is CC.CCN1C(=O)C(C)c2ccccc2C2=C1C=CCC=C2. The van der Waals surface area contributed by atoms with Crippen molar-refractivity contribution < 1.29 is 4.79 Å². The number of benzene rings is 1. The summed E-state index contributed by atoms with van der Waals surface area (Å²) < 4.78 is 0. The highest BCUT2D eigenvalue weighted by Gasteiger charge is 2.30. The van der Waals surface area contributed by atoms with E-state index in [9.17, 15) is 4.79 Å². The number of fused-ring (bicyclic) bond motifs is 2. The second-order valence-electron chi connectivity index (χ2n) is 5.23. The van der Waals surface area contributed by atoms with E-state index >= 15 is 0 Å². The maximum Gasteiger partial charge on any atom is 0.234 e. The molecule has 116 valence electrons.